The summed E-state index contributed by atoms with van der Waals surface area (Å²) in [5, 5.41) is 0. The standard InChI is InChI=1S/C15H21NO/c1-10(2)11-4-5-14-13(8-11)15-12(6-7-17-15)9-16(14)3/h4-5,8,10,12,15H,6-7,9H2,1-3H3. The minimum atomic E-state index is 0.347. The number of anilines is 1. The SMILES string of the molecule is CC(C)c1ccc2c(c1)C1OCCC1CN2C. The predicted octanol–water partition coefficient (Wildman–Crippen LogP) is 3.34. The second-order valence-corrected chi connectivity index (χ2v) is 5.69. The zero-order valence-electron chi connectivity index (χ0n) is 10.9. The summed E-state index contributed by atoms with van der Waals surface area (Å²) in [5.74, 6) is 1.28. The Kier molecular flexibility index (Phi) is 2.62. The van der Waals surface area contributed by atoms with E-state index in [1.807, 2.05) is 0 Å². The van der Waals surface area contributed by atoms with Crippen molar-refractivity contribution >= 4 is 5.69 Å². The lowest BCUT2D eigenvalue weighted by Gasteiger charge is -2.35. The highest BCUT2D eigenvalue weighted by molar-refractivity contribution is 5.58. The molecule has 0 saturated carbocycles. The third-order valence-corrected chi connectivity index (χ3v) is 4.16. The Labute approximate surface area is 104 Å². The van der Waals surface area contributed by atoms with Gasteiger partial charge in [-0.1, -0.05) is 26.0 Å². The minimum Gasteiger partial charge on any atom is -0.374 e. The molecule has 0 N–H and O–H groups in total. The van der Waals surface area contributed by atoms with Gasteiger partial charge in [0.05, 0.1) is 6.10 Å². The number of hydrogen-bond donors (Lipinski definition) is 0. The van der Waals surface area contributed by atoms with Crippen LogP contribution in [0.4, 0.5) is 5.69 Å². The van der Waals surface area contributed by atoms with Gasteiger partial charge in [0.2, 0.25) is 0 Å². The summed E-state index contributed by atoms with van der Waals surface area (Å²) < 4.78 is 5.94. The Morgan fingerprint density at radius 2 is 2.18 bits per heavy atom. The van der Waals surface area contributed by atoms with Crippen molar-refractivity contribution in [3.05, 3.63) is 29.3 Å². The van der Waals surface area contributed by atoms with Gasteiger partial charge in [-0.3, -0.25) is 0 Å². The Bertz CT molecular complexity index is 427. The van der Waals surface area contributed by atoms with Gasteiger partial charge in [-0.15, -0.1) is 0 Å². The highest BCUT2D eigenvalue weighted by Gasteiger charge is 2.36. The molecule has 0 radical (unpaired) electrons. The molecule has 1 aromatic carbocycles. The zero-order valence-corrected chi connectivity index (χ0v) is 10.9. The van der Waals surface area contributed by atoms with Gasteiger partial charge in [0, 0.05) is 37.4 Å². The van der Waals surface area contributed by atoms with Crippen LogP contribution in [0.2, 0.25) is 0 Å². The first-order valence-corrected chi connectivity index (χ1v) is 6.63. The zero-order chi connectivity index (χ0) is 12.0. The third-order valence-electron chi connectivity index (χ3n) is 4.16. The van der Waals surface area contributed by atoms with E-state index in [1.54, 1.807) is 0 Å². The molecule has 0 amide bonds. The second-order valence-electron chi connectivity index (χ2n) is 5.69. The average Bonchev–Trinajstić information content (AvgIpc) is 2.76. The van der Waals surface area contributed by atoms with Crippen molar-refractivity contribution in [2.45, 2.75) is 32.3 Å². The second kappa shape index (κ2) is 4.02. The molecule has 2 aliphatic rings. The van der Waals surface area contributed by atoms with E-state index in [1.165, 1.54) is 23.2 Å². The molecule has 92 valence electrons. The fourth-order valence-electron chi connectivity index (χ4n) is 3.12. The van der Waals surface area contributed by atoms with Crippen LogP contribution in [0.3, 0.4) is 0 Å². The Morgan fingerprint density at radius 1 is 1.35 bits per heavy atom. The van der Waals surface area contributed by atoms with Crippen LogP contribution in [0, 0.1) is 5.92 Å². The molecule has 1 saturated heterocycles. The maximum Gasteiger partial charge on any atom is 0.0890 e. The van der Waals surface area contributed by atoms with Crippen LogP contribution in [0.15, 0.2) is 18.2 Å². The Hall–Kier alpha value is -1.02. The van der Waals surface area contributed by atoms with Crippen LogP contribution in [-0.2, 0) is 4.74 Å². The first kappa shape index (κ1) is 11.1. The number of fused-ring (bicyclic) bond motifs is 3. The maximum absolute atomic E-state index is 5.94. The van der Waals surface area contributed by atoms with Crippen molar-refractivity contribution in [1.82, 2.24) is 0 Å². The smallest absolute Gasteiger partial charge is 0.0890 e. The van der Waals surface area contributed by atoms with Gasteiger partial charge in [0.25, 0.3) is 0 Å². The summed E-state index contributed by atoms with van der Waals surface area (Å²) in [6, 6.07) is 6.89. The topological polar surface area (TPSA) is 12.5 Å². The normalized spacial score (nSPS) is 27.2. The van der Waals surface area contributed by atoms with Crippen LogP contribution in [-0.4, -0.2) is 20.2 Å². The van der Waals surface area contributed by atoms with Crippen molar-refractivity contribution in [3.8, 4) is 0 Å². The molecule has 2 heteroatoms. The van der Waals surface area contributed by atoms with Gasteiger partial charge in [-0.25, -0.2) is 0 Å². The molecule has 0 bridgehead atoms. The van der Waals surface area contributed by atoms with E-state index in [9.17, 15) is 0 Å². The highest BCUT2D eigenvalue weighted by Crippen LogP contribution is 2.44. The molecule has 3 rings (SSSR count). The van der Waals surface area contributed by atoms with Gasteiger partial charge in [0.1, 0.15) is 0 Å². The Balaban J connectivity index is 2.06. The number of benzene rings is 1. The number of rotatable bonds is 1. The van der Waals surface area contributed by atoms with Crippen LogP contribution in [0.5, 0.6) is 0 Å². The van der Waals surface area contributed by atoms with Crippen molar-refractivity contribution < 1.29 is 4.74 Å². The van der Waals surface area contributed by atoms with E-state index in [-0.39, 0.29) is 0 Å². The van der Waals surface area contributed by atoms with Gasteiger partial charge in [-0.05, 0) is 24.0 Å². The van der Waals surface area contributed by atoms with Crippen molar-refractivity contribution in [2.24, 2.45) is 5.92 Å². The lowest BCUT2D eigenvalue weighted by atomic mass is 9.87. The first-order valence-electron chi connectivity index (χ1n) is 6.63. The molecule has 17 heavy (non-hydrogen) atoms. The van der Waals surface area contributed by atoms with Crippen molar-refractivity contribution in [3.63, 3.8) is 0 Å². The molecule has 1 aromatic rings. The fourth-order valence-corrected chi connectivity index (χ4v) is 3.12. The summed E-state index contributed by atoms with van der Waals surface area (Å²) in [6.45, 7) is 6.57. The number of ether oxygens (including phenoxy) is 1. The molecular formula is C15H21NO. The first-order chi connectivity index (χ1) is 8.16. The molecule has 0 aromatic heterocycles. The summed E-state index contributed by atoms with van der Waals surface area (Å²) in [7, 11) is 2.20. The van der Waals surface area contributed by atoms with Crippen molar-refractivity contribution in [2.75, 3.05) is 25.1 Å². The lowest BCUT2D eigenvalue weighted by Crippen LogP contribution is -2.33. The summed E-state index contributed by atoms with van der Waals surface area (Å²) in [4.78, 5) is 2.38. The largest absolute Gasteiger partial charge is 0.374 e. The van der Waals surface area contributed by atoms with Gasteiger partial charge in [0.15, 0.2) is 0 Å². The molecule has 2 unspecified atom stereocenters. The van der Waals surface area contributed by atoms with Crippen LogP contribution >= 0.6 is 0 Å². The monoisotopic (exact) mass is 231 g/mol. The third kappa shape index (κ3) is 1.75. The van der Waals surface area contributed by atoms with E-state index in [0.29, 0.717) is 17.9 Å². The van der Waals surface area contributed by atoms with E-state index in [0.717, 1.165) is 13.2 Å². The molecule has 1 fully saturated rings. The van der Waals surface area contributed by atoms with Crippen molar-refractivity contribution in [1.29, 1.82) is 0 Å². The summed E-state index contributed by atoms with van der Waals surface area (Å²) >= 11 is 0. The van der Waals surface area contributed by atoms with Crippen LogP contribution in [0.25, 0.3) is 0 Å². The molecule has 2 atom stereocenters. The molecule has 0 spiro atoms. The Morgan fingerprint density at radius 3 is 2.94 bits per heavy atom. The number of nitrogens with zero attached hydrogens (tertiary/aromatic N) is 1. The van der Waals surface area contributed by atoms with Crippen LogP contribution in [0.1, 0.15) is 43.4 Å². The minimum absolute atomic E-state index is 0.347. The van der Waals surface area contributed by atoms with E-state index in [2.05, 4.69) is 44.0 Å². The lowest BCUT2D eigenvalue weighted by molar-refractivity contribution is 0.0890. The predicted molar refractivity (Wildman–Crippen MR) is 70.6 cm³/mol. The quantitative estimate of drug-likeness (QED) is 0.735. The molecule has 2 nitrogen and oxygen atoms in total. The molecular weight excluding hydrogens is 210 g/mol. The summed E-state index contributed by atoms with van der Waals surface area (Å²) in [5.41, 5.74) is 4.19. The van der Waals surface area contributed by atoms with E-state index >= 15 is 0 Å². The summed E-state index contributed by atoms with van der Waals surface area (Å²) in [6.07, 6.45) is 1.56. The van der Waals surface area contributed by atoms with E-state index < -0.39 is 0 Å². The molecule has 2 heterocycles. The fraction of sp³-hybridized carbons (Fsp3) is 0.600. The van der Waals surface area contributed by atoms with Crippen LogP contribution < -0.4 is 4.90 Å². The maximum atomic E-state index is 5.94. The molecule has 2 aliphatic heterocycles. The average molecular weight is 231 g/mol. The van der Waals surface area contributed by atoms with E-state index in [4.69, 9.17) is 4.74 Å². The van der Waals surface area contributed by atoms with Gasteiger partial charge in [-0.2, -0.15) is 0 Å². The van der Waals surface area contributed by atoms with Gasteiger partial charge >= 0.3 is 0 Å². The molecule has 0 aliphatic carbocycles. The van der Waals surface area contributed by atoms with Gasteiger partial charge < -0.3 is 9.64 Å². The highest BCUT2D eigenvalue weighted by atomic mass is 16.5. The number of hydrogen-bond acceptors (Lipinski definition) is 2.